The summed E-state index contributed by atoms with van der Waals surface area (Å²) in [6.45, 7) is 2.23. The fourth-order valence-corrected chi connectivity index (χ4v) is 5.05. The molecule has 24 heavy (non-hydrogen) atoms. The molecule has 2 saturated carbocycles. The molecule has 0 unspecified atom stereocenters. The topological polar surface area (TPSA) is 0 Å². The second kappa shape index (κ2) is 7.49. The summed E-state index contributed by atoms with van der Waals surface area (Å²) in [4.78, 5) is 0. The van der Waals surface area contributed by atoms with E-state index in [4.69, 9.17) is 0 Å². The predicted molar refractivity (Wildman–Crippen MR) is 91.8 cm³/mol. The molecule has 3 heteroatoms. The van der Waals surface area contributed by atoms with Crippen LogP contribution in [0.4, 0.5) is 13.2 Å². The molecule has 0 amide bonds. The van der Waals surface area contributed by atoms with Crippen molar-refractivity contribution in [2.75, 3.05) is 0 Å². The molecule has 0 aromatic heterocycles. The molecule has 0 nitrogen and oxygen atoms in total. The molecule has 1 aromatic carbocycles. The van der Waals surface area contributed by atoms with E-state index < -0.39 is 11.8 Å². The van der Waals surface area contributed by atoms with Crippen LogP contribution in [0.1, 0.15) is 76.2 Å². The molecule has 0 N–H and O–H groups in total. The lowest BCUT2D eigenvalue weighted by molar-refractivity contribution is -0.0845. The molecule has 2 fully saturated rings. The van der Waals surface area contributed by atoms with Crippen molar-refractivity contribution in [3.05, 3.63) is 35.6 Å². The minimum Gasteiger partial charge on any atom is -0.207 e. The summed E-state index contributed by atoms with van der Waals surface area (Å²) in [7, 11) is 0. The van der Waals surface area contributed by atoms with Crippen molar-refractivity contribution >= 4 is 0 Å². The van der Waals surface area contributed by atoms with Gasteiger partial charge in [0.05, 0.1) is 0 Å². The second-order valence-electron chi connectivity index (χ2n) is 7.98. The Morgan fingerprint density at radius 1 is 0.917 bits per heavy atom. The Morgan fingerprint density at radius 2 is 1.54 bits per heavy atom. The van der Waals surface area contributed by atoms with Crippen molar-refractivity contribution in [2.45, 2.75) is 76.6 Å². The minimum absolute atomic E-state index is 0.0121. The summed E-state index contributed by atoms with van der Waals surface area (Å²) >= 11 is 0. The molecule has 0 bridgehead atoms. The van der Waals surface area contributed by atoms with Gasteiger partial charge >= 0.3 is 0 Å². The van der Waals surface area contributed by atoms with E-state index >= 15 is 0 Å². The van der Waals surface area contributed by atoms with Crippen LogP contribution in [-0.2, 0) is 0 Å². The zero-order valence-electron chi connectivity index (χ0n) is 14.6. The lowest BCUT2D eigenvalue weighted by Gasteiger charge is -2.41. The van der Waals surface area contributed by atoms with E-state index in [-0.39, 0.29) is 18.2 Å². The van der Waals surface area contributed by atoms with Gasteiger partial charge in [-0.15, -0.1) is 0 Å². The van der Waals surface area contributed by atoms with Gasteiger partial charge in [0.25, 0.3) is 5.92 Å². The first-order valence-corrected chi connectivity index (χ1v) is 9.63. The number of benzene rings is 1. The summed E-state index contributed by atoms with van der Waals surface area (Å²) in [6.07, 6.45) is 8.66. The van der Waals surface area contributed by atoms with Crippen molar-refractivity contribution in [3.8, 4) is 0 Å². The number of rotatable bonds is 4. The average molecular weight is 338 g/mol. The molecule has 3 rings (SSSR count). The van der Waals surface area contributed by atoms with E-state index in [0.717, 1.165) is 25.2 Å². The third-order valence-electron chi connectivity index (χ3n) is 6.40. The summed E-state index contributed by atoms with van der Waals surface area (Å²) in [5.41, 5.74) is 0.589. The molecule has 0 radical (unpaired) electrons. The summed E-state index contributed by atoms with van der Waals surface area (Å²) in [6, 6.07) is 5.66. The van der Waals surface area contributed by atoms with E-state index in [1.54, 1.807) is 0 Å². The zero-order chi connectivity index (χ0) is 17.2. The highest BCUT2D eigenvalue weighted by Crippen LogP contribution is 2.51. The van der Waals surface area contributed by atoms with Gasteiger partial charge in [0.15, 0.2) is 0 Å². The minimum atomic E-state index is -2.67. The smallest absolute Gasteiger partial charge is 0.207 e. The summed E-state index contributed by atoms with van der Waals surface area (Å²) in [5, 5.41) is 0. The first-order chi connectivity index (χ1) is 11.5. The van der Waals surface area contributed by atoms with Gasteiger partial charge in [0.2, 0.25) is 0 Å². The van der Waals surface area contributed by atoms with Crippen LogP contribution in [0.2, 0.25) is 0 Å². The van der Waals surface area contributed by atoms with Gasteiger partial charge in [-0.2, -0.15) is 0 Å². The maximum absolute atomic E-state index is 14.8. The van der Waals surface area contributed by atoms with Gasteiger partial charge in [-0.3, -0.25) is 0 Å². The highest BCUT2D eigenvalue weighted by Gasteiger charge is 2.47. The number of hydrogen-bond acceptors (Lipinski definition) is 0. The lowest BCUT2D eigenvalue weighted by Crippen LogP contribution is -2.37. The number of halogens is 3. The largest absolute Gasteiger partial charge is 0.255 e. The van der Waals surface area contributed by atoms with Crippen molar-refractivity contribution in [1.82, 2.24) is 0 Å². The van der Waals surface area contributed by atoms with E-state index in [2.05, 4.69) is 6.92 Å². The SMILES string of the molecule is CCCC1CCC([C@@H]2CC[C@@H](c3ccc(F)cc3)C(F)(F)C2)CC1. The van der Waals surface area contributed by atoms with Gasteiger partial charge in [0, 0.05) is 12.3 Å². The molecule has 2 aliphatic carbocycles. The Bertz CT molecular complexity index is 514. The number of hydrogen-bond donors (Lipinski definition) is 0. The van der Waals surface area contributed by atoms with Crippen molar-refractivity contribution in [1.29, 1.82) is 0 Å². The predicted octanol–water partition coefficient (Wildman–Crippen LogP) is 6.95. The van der Waals surface area contributed by atoms with E-state index in [1.807, 2.05) is 0 Å². The van der Waals surface area contributed by atoms with Crippen LogP contribution in [0.5, 0.6) is 0 Å². The summed E-state index contributed by atoms with van der Waals surface area (Å²) < 4.78 is 42.6. The second-order valence-corrected chi connectivity index (χ2v) is 7.98. The Labute approximate surface area is 143 Å². The van der Waals surface area contributed by atoms with Gasteiger partial charge in [-0.05, 0) is 61.1 Å². The van der Waals surface area contributed by atoms with Crippen LogP contribution >= 0.6 is 0 Å². The van der Waals surface area contributed by atoms with E-state index in [9.17, 15) is 13.2 Å². The quantitative estimate of drug-likeness (QED) is 0.557. The first-order valence-electron chi connectivity index (χ1n) is 9.63. The maximum atomic E-state index is 14.8. The normalized spacial score (nSPS) is 33.3. The van der Waals surface area contributed by atoms with Crippen LogP contribution in [-0.4, -0.2) is 5.92 Å². The Hall–Kier alpha value is -0.990. The molecule has 134 valence electrons. The van der Waals surface area contributed by atoms with Crippen LogP contribution in [0.3, 0.4) is 0 Å². The molecule has 0 aliphatic heterocycles. The fraction of sp³-hybridized carbons (Fsp3) is 0.714. The van der Waals surface area contributed by atoms with Gasteiger partial charge in [-0.1, -0.05) is 44.7 Å². The van der Waals surface area contributed by atoms with E-state index in [0.29, 0.717) is 17.9 Å². The highest BCUT2D eigenvalue weighted by molar-refractivity contribution is 5.23. The molecule has 2 atom stereocenters. The van der Waals surface area contributed by atoms with Crippen molar-refractivity contribution in [2.24, 2.45) is 17.8 Å². The van der Waals surface area contributed by atoms with Gasteiger partial charge in [0.1, 0.15) is 5.82 Å². The van der Waals surface area contributed by atoms with Crippen LogP contribution in [0.25, 0.3) is 0 Å². The number of alkyl halides is 2. The third kappa shape index (κ3) is 3.97. The maximum Gasteiger partial charge on any atom is 0.255 e. The monoisotopic (exact) mass is 338 g/mol. The van der Waals surface area contributed by atoms with Crippen LogP contribution in [0, 0.1) is 23.6 Å². The Morgan fingerprint density at radius 3 is 2.12 bits per heavy atom. The lowest BCUT2D eigenvalue weighted by atomic mass is 9.66. The average Bonchev–Trinajstić information content (AvgIpc) is 2.56. The molecule has 2 aliphatic rings. The summed E-state index contributed by atoms with van der Waals surface area (Å²) in [5.74, 6) is -2.30. The molecule has 0 spiro atoms. The van der Waals surface area contributed by atoms with Crippen molar-refractivity contribution < 1.29 is 13.2 Å². The molecular weight excluding hydrogens is 309 g/mol. The molecular formula is C21H29F3. The first kappa shape index (κ1) is 17.8. The van der Waals surface area contributed by atoms with Crippen LogP contribution in [0.15, 0.2) is 24.3 Å². The van der Waals surface area contributed by atoms with Crippen molar-refractivity contribution in [3.63, 3.8) is 0 Å². The fourth-order valence-electron chi connectivity index (χ4n) is 5.05. The van der Waals surface area contributed by atoms with Gasteiger partial charge < -0.3 is 0 Å². The Balaban J connectivity index is 1.60. The zero-order valence-corrected chi connectivity index (χ0v) is 14.6. The molecule has 0 heterocycles. The van der Waals surface area contributed by atoms with Gasteiger partial charge in [-0.25, -0.2) is 13.2 Å². The third-order valence-corrected chi connectivity index (χ3v) is 6.40. The molecule has 1 aromatic rings. The Kier molecular flexibility index (Phi) is 5.56. The standard InChI is InChI=1S/C21H29F3/c1-2-3-15-4-6-16(7-5-15)18-10-13-20(21(23,24)14-18)17-8-11-19(22)12-9-17/h8-9,11-12,15-16,18,20H,2-7,10,13-14H2,1H3/t15?,16?,18-,20+/m1/s1. The molecule has 0 saturated heterocycles. The highest BCUT2D eigenvalue weighted by atomic mass is 19.3. The van der Waals surface area contributed by atoms with E-state index in [1.165, 1.54) is 49.9 Å². The van der Waals surface area contributed by atoms with Crippen LogP contribution < -0.4 is 0 Å².